The molecule has 3 saturated heterocycles. The van der Waals surface area contributed by atoms with Gasteiger partial charge < -0.3 is 9.64 Å². The van der Waals surface area contributed by atoms with Crippen LogP contribution in [0, 0.1) is 5.92 Å². The second-order valence-corrected chi connectivity index (χ2v) is 4.69. The summed E-state index contributed by atoms with van der Waals surface area (Å²) in [5, 5.41) is 0. The number of rotatable bonds is 0. The molecule has 2 bridgehead atoms. The molecule has 3 fully saturated rings. The SMILES string of the molecule is CC1O[C@@]2(CC1=O)CN1CC[C@H]2C1. The van der Waals surface area contributed by atoms with Gasteiger partial charge in [0, 0.05) is 25.4 Å². The van der Waals surface area contributed by atoms with E-state index in [1.54, 1.807) is 0 Å². The highest BCUT2D eigenvalue weighted by atomic mass is 16.5. The quantitative estimate of drug-likeness (QED) is 0.543. The van der Waals surface area contributed by atoms with Crippen LogP contribution in [0.15, 0.2) is 0 Å². The maximum atomic E-state index is 11.5. The Kier molecular flexibility index (Phi) is 1.43. The number of ether oxygens (including phenoxy) is 1. The fraction of sp³-hybridized carbons (Fsp3) is 0.900. The van der Waals surface area contributed by atoms with E-state index in [9.17, 15) is 4.79 Å². The molecule has 0 saturated carbocycles. The molecule has 0 radical (unpaired) electrons. The lowest BCUT2D eigenvalue weighted by atomic mass is 9.85. The molecule has 2 unspecified atom stereocenters. The van der Waals surface area contributed by atoms with E-state index >= 15 is 0 Å². The molecule has 72 valence electrons. The lowest BCUT2D eigenvalue weighted by Gasteiger charge is -2.32. The van der Waals surface area contributed by atoms with E-state index in [1.807, 2.05) is 6.92 Å². The lowest BCUT2D eigenvalue weighted by Crippen LogP contribution is -2.42. The van der Waals surface area contributed by atoms with E-state index in [1.165, 1.54) is 13.0 Å². The van der Waals surface area contributed by atoms with Gasteiger partial charge in [0.1, 0.15) is 6.10 Å². The van der Waals surface area contributed by atoms with Crippen molar-refractivity contribution in [2.24, 2.45) is 5.92 Å². The molecule has 0 aromatic heterocycles. The molecule has 0 aromatic carbocycles. The Bertz CT molecular complexity index is 266. The normalized spacial score (nSPS) is 53.9. The van der Waals surface area contributed by atoms with Crippen LogP contribution in [-0.4, -0.2) is 42.0 Å². The van der Waals surface area contributed by atoms with E-state index in [0.717, 1.165) is 13.1 Å². The van der Waals surface area contributed by atoms with E-state index in [4.69, 9.17) is 4.74 Å². The molecule has 0 amide bonds. The highest BCUT2D eigenvalue weighted by Gasteiger charge is 2.56. The number of nitrogens with zero attached hydrogens (tertiary/aromatic N) is 1. The largest absolute Gasteiger partial charge is 0.362 e. The average molecular weight is 181 g/mol. The smallest absolute Gasteiger partial charge is 0.164 e. The number of carbonyl (C=O) groups excluding carboxylic acids is 1. The molecule has 3 aliphatic rings. The maximum Gasteiger partial charge on any atom is 0.164 e. The Balaban J connectivity index is 1.88. The maximum absolute atomic E-state index is 11.5. The summed E-state index contributed by atoms with van der Waals surface area (Å²) in [7, 11) is 0. The minimum Gasteiger partial charge on any atom is -0.362 e. The fourth-order valence-corrected chi connectivity index (χ4v) is 3.15. The van der Waals surface area contributed by atoms with Crippen molar-refractivity contribution in [3.05, 3.63) is 0 Å². The molecule has 3 heteroatoms. The number of ketones is 1. The molecule has 3 rings (SSSR count). The second kappa shape index (κ2) is 2.34. The predicted molar refractivity (Wildman–Crippen MR) is 47.4 cm³/mol. The molecule has 3 heterocycles. The highest BCUT2D eigenvalue weighted by molar-refractivity contribution is 5.85. The van der Waals surface area contributed by atoms with E-state index in [2.05, 4.69) is 4.90 Å². The number of hydrogen-bond acceptors (Lipinski definition) is 3. The third-order valence-corrected chi connectivity index (χ3v) is 3.85. The summed E-state index contributed by atoms with van der Waals surface area (Å²) in [4.78, 5) is 13.9. The van der Waals surface area contributed by atoms with Crippen LogP contribution in [0.4, 0.5) is 0 Å². The van der Waals surface area contributed by atoms with Gasteiger partial charge in [-0.25, -0.2) is 0 Å². The van der Waals surface area contributed by atoms with Crippen LogP contribution in [0.1, 0.15) is 19.8 Å². The van der Waals surface area contributed by atoms with Crippen LogP contribution in [0.2, 0.25) is 0 Å². The van der Waals surface area contributed by atoms with E-state index in [-0.39, 0.29) is 11.7 Å². The van der Waals surface area contributed by atoms with Gasteiger partial charge in [-0.1, -0.05) is 0 Å². The molecule has 0 N–H and O–H groups in total. The number of piperidine rings is 1. The third-order valence-electron chi connectivity index (χ3n) is 3.85. The Hall–Kier alpha value is -0.410. The zero-order valence-corrected chi connectivity index (χ0v) is 7.95. The van der Waals surface area contributed by atoms with Crippen molar-refractivity contribution in [3.63, 3.8) is 0 Å². The van der Waals surface area contributed by atoms with Crippen molar-refractivity contribution in [2.75, 3.05) is 19.6 Å². The van der Waals surface area contributed by atoms with Gasteiger partial charge in [-0.15, -0.1) is 0 Å². The van der Waals surface area contributed by atoms with Crippen molar-refractivity contribution >= 4 is 5.78 Å². The van der Waals surface area contributed by atoms with Crippen LogP contribution in [0.25, 0.3) is 0 Å². The van der Waals surface area contributed by atoms with Gasteiger partial charge in [-0.3, -0.25) is 4.79 Å². The van der Waals surface area contributed by atoms with Gasteiger partial charge in [0.2, 0.25) is 0 Å². The summed E-state index contributed by atoms with van der Waals surface area (Å²) >= 11 is 0. The van der Waals surface area contributed by atoms with Crippen molar-refractivity contribution in [2.45, 2.75) is 31.5 Å². The first kappa shape index (κ1) is 7.94. The number of hydrogen-bond donors (Lipinski definition) is 0. The van der Waals surface area contributed by atoms with Crippen molar-refractivity contribution < 1.29 is 9.53 Å². The van der Waals surface area contributed by atoms with Gasteiger partial charge in [-0.05, 0) is 19.9 Å². The monoisotopic (exact) mass is 181 g/mol. The van der Waals surface area contributed by atoms with Crippen LogP contribution < -0.4 is 0 Å². The molecule has 1 spiro atoms. The summed E-state index contributed by atoms with van der Waals surface area (Å²) < 4.78 is 5.86. The molecule has 3 nitrogen and oxygen atoms in total. The Morgan fingerprint density at radius 2 is 2.46 bits per heavy atom. The number of carbonyl (C=O) groups is 1. The predicted octanol–water partition coefficient (Wildman–Crippen LogP) is 0.439. The first-order valence-corrected chi connectivity index (χ1v) is 5.12. The minimum absolute atomic E-state index is 0.0747. The van der Waals surface area contributed by atoms with Crippen molar-refractivity contribution in [1.29, 1.82) is 0 Å². The molecule has 13 heavy (non-hydrogen) atoms. The van der Waals surface area contributed by atoms with Gasteiger partial charge in [0.05, 0.1) is 5.60 Å². The Morgan fingerprint density at radius 3 is 2.92 bits per heavy atom. The minimum atomic E-state index is -0.152. The summed E-state index contributed by atoms with van der Waals surface area (Å²) in [6.45, 7) is 5.24. The lowest BCUT2D eigenvalue weighted by molar-refractivity contribution is -0.122. The first-order chi connectivity index (χ1) is 6.20. The molecule has 0 aromatic rings. The van der Waals surface area contributed by atoms with Crippen LogP contribution in [0.5, 0.6) is 0 Å². The topological polar surface area (TPSA) is 29.5 Å². The molecule has 4 atom stereocenters. The summed E-state index contributed by atoms with van der Waals surface area (Å²) in [6, 6.07) is 0. The molecule has 0 aliphatic carbocycles. The first-order valence-electron chi connectivity index (χ1n) is 5.12. The van der Waals surface area contributed by atoms with Gasteiger partial charge in [0.25, 0.3) is 0 Å². The highest BCUT2D eigenvalue weighted by Crippen LogP contribution is 2.45. The van der Waals surface area contributed by atoms with Gasteiger partial charge in [-0.2, -0.15) is 0 Å². The van der Waals surface area contributed by atoms with Crippen LogP contribution in [-0.2, 0) is 9.53 Å². The standard InChI is InChI=1S/C10H15NO2/c1-7-9(12)4-10(13-7)6-11-3-2-8(10)5-11/h7-8H,2-6H2,1H3/t7?,8-,10-/m0/s1. The molecule has 3 aliphatic heterocycles. The van der Waals surface area contributed by atoms with E-state index in [0.29, 0.717) is 18.1 Å². The second-order valence-electron chi connectivity index (χ2n) is 4.69. The fourth-order valence-electron chi connectivity index (χ4n) is 3.15. The number of fused-ring (bicyclic) bond motifs is 3. The summed E-state index contributed by atoms with van der Waals surface area (Å²) in [5.41, 5.74) is -0.0747. The Morgan fingerprint density at radius 1 is 1.62 bits per heavy atom. The summed E-state index contributed by atoms with van der Waals surface area (Å²) in [6.07, 6.45) is 1.73. The Labute approximate surface area is 78.0 Å². The van der Waals surface area contributed by atoms with E-state index < -0.39 is 0 Å². The average Bonchev–Trinajstić information content (AvgIpc) is 2.68. The summed E-state index contributed by atoms with van der Waals surface area (Å²) in [5.74, 6) is 0.926. The molecular weight excluding hydrogens is 166 g/mol. The van der Waals surface area contributed by atoms with Crippen LogP contribution in [0.3, 0.4) is 0 Å². The van der Waals surface area contributed by atoms with Gasteiger partial charge in [0.15, 0.2) is 5.78 Å². The van der Waals surface area contributed by atoms with Crippen LogP contribution >= 0.6 is 0 Å². The van der Waals surface area contributed by atoms with Crippen molar-refractivity contribution in [1.82, 2.24) is 4.90 Å². The zero-order valence-electron chi connectivity index (χ0n) is 7.95. The zero-order chi connectivity index (χ0) is 9.05. The molecular formula is C10H15NO2. The van der Waals surface area contributed by atoms with Gasteiger partial charge >= 0.3 is 0 Å². The third kappa shape index (κ3) is 0.945. The number of Topliss-reactive ketones (excluding diaryl/α,β-unsaturated/α-hetero) is 1. The van der Waals surface area contributed by atoms with Crippen molar-refractivity contribution in [3.8, 4) is 0 Å².